The number of pyridine rings is 1. The molecule has 0 saturated carbocycles. The van der Waals surface area contributed by atoms with E-state index in [2.05, 4.69) is 10.3 Å². The van der Waals surface area contributed by atoms with Crippen molar-refractivity contribution in [1.82, 2.24) is 9.88 Å². The third-order valence-corrected chi connectivity index (χ3v) is 4.12. The van der Waals surface area contributed by atoms with E-state index in [1.807, 2.05) is 6.92 Å². The number of nitrogens with one attached hydrogen (secondary N) is 1. The Bertz CT molecular complexity index is 544. The van der Waals surface area contributed by atoms with Crippen molar-refractivity contribution in [2.45, 2.75) is 37.9 Å². The number of aliphatic hydroxyl groups is 1. The van der Waals surface area contributed by atoms with Crippen molar-refractivity contribution >= 4 is 11.8 Å². The van der Waals surface area contributed by atoms with Crippen molar-refractivity contribution in [3.8, 4) is 0 Å². The van der Waals surface area contributed by atoms with E-state index < -0.39 is 23.3 Å². The molecular formula is C14H18F3N3O2. The van der Waals surface area contributed by atoms with Gasteiger partial charge in [0, 0.05) is 12.7 Å². The molecule has 2 N–H and O–H groups in total. The lowest BCUT2D eigenvalue weighted by atomic mass is 9.94. The molecule has 2 heterocycles. The number of amides is 2. The second-order valence-electron chi connectivity index (χ2n) is 5.35. The van der Waals surface area contributed by atoms with Crippen LogP contribution in [-0.4, -0.2) is 39.7 Å². The van der Waals surface area contributed by atoms with Crippen LogP contribution in [0.1, 0.15) is 31.7 Å². The van der Waals surface area contributed by atoms with Crippen LogP contribution in [0.5, 0.6) is 0 Å². The maximum Gasteiger partial charge on any atom is 0.416 e. The topological polar surface area (TPSA) is 65.5 Å². The molecule has 1 unspecified atom stereocenters. The zero-order valence-corrected chi connectivity index (χ0v) is 12.2. The van der Waals surface area contributed by atoms with Crippen LogP contribution in [0.3, 0.4) is 0 Å². The highest BCUT2D eigenvalue weighted by Crippen LogP contribution is 2.33. The third kappa shape index (κ3) is 3.16. The molecule has 0 bridgehead atoms. The Hall–Kier alpha value is -1.83. The van der Waals surface area contributed by atoms with Crippen LogP contribution < -0.4 is 5.32 Å². The van der Waals surface area contributed by atoms with Crippen molar-refractivity contribution in [2.24, 2.45) is 0 Å². The van der Waals surface area contributed by atoms with E-state index in [4.69, 9.17) is 0 Å². The second kappa shape index (κ2) is 6.12. The number of aromatic nitrogens is 1. The molecule has 1 aromatic rings. The SMILES string of the molecule is CCC1(CO)CCCN1C(=O)Nc1cc(C(F)(F)F)ccn1. The number of rotatable bonds is 3. The molecule has 1 aliphatic heterocycles. The first-order valence-electron chi connectivity index (χ1n) is 7.05. The Kier molecular flexibility index (Phi) is 4.60. The predicted molar refractivity (Wildman–Crippen MR) is 74.3 cm³/mol. The van der Waals surface area contributed by atoms with Gasteiger partial charge in [0.05, 0.1) is 17.7 Å². The molecular weight excluding hydrogens is 299 g/mol. The Morgan fingerprint density at radius 3 is 2.86 bits per heavy atom. The smallest absolute Gasteiger partial charge is 0.394 e. The van der Waals surface area contributed by atoms with Crippen LogP contribution in [0, 0.1) is 0 Å². The van der Waals surface area contributed by atoms with E-state index >= 15 is 0 Å². The zero-order chi connectivity index (χ0) is 16.4. The van der Waals surface area contributed by atoms with Gasteiger partial charge in [0.2, 0.25) is 0 Å². The molecule has 1 saturated heterocycles. The van der Waals surface area contributed by atoms with Gasteiger partial charge in [-0.1, -0.05) is 6.92 Å². The van der Waals surface area contributed by atoms with Gasteiger partial charge in [-0.25, -0.2) is 9.78 Å². The molecule has 1 aromatic heterocycles. The summed E-state index contributed by atoms with van der Waals surface area (Å²) < 4.78 is 38.0. The van der Waals surface area contributed by atoms with E-state index in [0.29, 0.717) is 19.4 Å². The maximum absolute atomic E-state index is 12.7. The van der Waals surface area contributed by atoms with Gasteiger partial charge in [-0.15, -0.1) is 0 Å². The molecule has 8 heteroatoms. The molecule has 0 aromatic carbocycles. The minimum atomic E-state index is -4.49. The number of alkyl halides is 3. The standard InChI is InChI=1S/C14H18F3N3O2/c1-2-13(9-21)5-3-7-20(13)12(22)19-11-8-10(4-6-18-11)14(15,16)17/h4,6,8,21H,2-3,5,7,9H2,1H3,(H,18,19,22). The van der Waals surface area contributed by atoms with Gasteiger partial charge < -0.3 is 10.0 Å². The fourth-order valence-electron chi connectivity index (χ4n) is 2.75. The van der Waals surface area contributed by atoms with E-state index in [1.54, 1.807) is 0 Å². The van der Waals surface area contributed by atoms with Crippen LogP contribution in [0.2, 0.25) is 0 Å². The van der Waals surface area contributed by atoms with Crippen LogP contribution >= 0.6 is 0 Å². The summed E-state index contributed by atoms with van der Waals surface area (Å²) in [6.45, 7) is 2.15. The summed E-state index contributed by atoms with van der Waals surface area (Å²) in [6.07, 6.45) is -1.50. The highest BCUT2D eigenvalue weighted by Gasteiger charge is 2.42. The maximum atomic E-state index is 12.7. The molecule has 2 amide bonds. The number of carbonyl (C=O) groups is 1. The van der Waals surface area contributed by atoms with Crippen molar-refractivity contribution in [3.63, 3.8) is 0 Å². The average molecular weight is 317 g/mol. The number of aliphatic hydroxyl groups excluding tert-OH is 1. The monoisotopic (exact) mass is 317 g/mol. The fourth-order valence-corrected chi connectivity index (χ4v) is 2.75. The summed E-state index contributed by atoms with van der Waals surface area (Å²) in [6, 6.07) is 1.09. The highest BCUT2D eigenvalue weighted by atomic mass is 19.4. The van der Waals surface area contributed by atoms with E-state index in [0.717, 1.165) is 24.8 Å². The molecule has 0 spiro atoms. The van der Waals surface area contributed by atoms with Crippen molar-refractivity contribution < 1.29 is 23.1 Å². The highest BCUT2D eigenvalue weighted by molar-refractivity contribution is 5.89. The summed E-state index contributed by atoms with van der Waals surface area (Å²) in [7, 11) is 0. The Balaban J connectivity index is 2.16. The van der Waals surface area contributed by atoms with Crippen molar-refractivity contribution in [2.75, 3.05) is 18.5 Å². The lowest BCUT2D eigenvalue weighted by Crippen LogP contribution is -2.51. The number of likely N-dealkylation sites (tertiary alicyclic amines) is 1. The molecule has 122 valence electrons. The lowest BCUT2D eigenvalue weighted by Gasteiger charge is -2.36. The number of carbonyl (C=O) groups excluding carboxylic acids is 1. The first-order valence-corrected chi connectivity index (χ1v) is 7.05. The average Bonchev–Trinajstić information content (AvgIpc) is 2.91. The Morgan fingerprint density at radius 1 is 1.55 bits per heavy atom. The van der Waals surface area contributed by atoms with Gasteiger partial charge in [0.25, 0.3) is 0 Å². The number of nitrogens with zero attached hydrogens (tertiary/aromatic N) is 2. The fraction of sp³-hybridized carbons (Fsp3) is 0.571. The summed E-state index contributed by atoms with van der Waals surface area (Å²) in [4.78, 5) is 17.5. The van der Waals surface area contributed by atoms with Crippen molar-refractivity contribution in [1.29, 1.82) is 0 Å². The summed E-state index contributed by atoms with van der Waals surface area (Å²) in [5.41, 5.74) is -1.52. The van der Waals surface area contributed by atoms with Crippen LogP contribution in [-0.2, 0) is 6.18 Å². The molecule has 1 fully saturated rings. The minimum absolute atomic E-state index is 0.158. The lowest BCUT2D eigenvalue weighted by molar-refractivity contribution is -0.137. The van der Waals surface area contributed by atoms with Crippen LogP contribution in [0.4, 0.5) is 23.8 Å². The number of urea groups is 1. The zero-order valence-electron chi connectivity index (χ0n) is 12.2. The first kappa shape index (κ1) is 16.5. The van der Waals surface area contributed by atoms with Gasteiger partial charge in [0.15, 0.2) is 0 Å². The van der Waals surface area contributed by atoms with Gasteiger partial charge in [0.1, 0.15) is 5.82 Å². The van der Waals surface area contributed by atoms with Gasteiger partial charge in [-0.3, -0.25) is 5.32 Å². The van der Waals surface area contributed by atoms with Gasteiger partial charge >= 0.3 is 12.2 Å². The number of anilines is 1. The van der Waals surface area contributed by atoms with Crippen LogP contribution in [0.15, 0.2) is 18.3 Å². The molecule has 0 radical (unpaired) electrons. The molecule has 2 rings (SSSR count). The van der Waals surface area contributed by atoms with Gasteiger partial charge in [-0.2, -0.15) is 13.2 Å². The minimum Gasteiger partial charge on any atom is -0.394 e. The van der Waals surface area contributed by atoms with E-state index in [-0.39, 0.29) is 12.4 Å². The predicted octanol–water partition coefficient (Wildman–Crippen LogP) is 2.87. The quantitative estimate of drug-likeness (QED) is 0.901. The normalized spacial score (nSPS) is 22.0. The summed E-state index contributed by atoms with van der Waals surface area (Å²) in [5.74, 6) is -0.158. The first-order chi connectivity index (χ1) is 10.3. The van der Waals surface area contributed by atoms with Crippen molar-refractivity contribution in [3.05, 3.63) is 23.9 Å². The summed E-state index contributed by atoms with van der Waals surface area (Å²) >= 11 is 0. The summed E-state index contributed by atoms with van der Waals surface area (Å²) in [5, 5.41) is 12.0. The largest absolute Gasteiger partial charge is 0.416 e. The molecule has 5 nitrogen and oxygen atoms in total. The second-order valence-corrected chi connectivity index (χ2v) is 5.35. The third-order valence-electron chi connectivity index (χ3n) is 4.12. The molecule has 22 heavy (non-hydrogen) atoms. The number of hydrogen-bond donors (Lipinski definition) is 2. The number of halogens is 3. The Labute approximate surface area is 126 Å². The molecule has 1 atom stereocenters. The van der Waals surface area contributed by atoms with E-state index in [1.165, 1.54) is 4.90 Å². The van der Waals surface area contributed by atoms with E-state index in [9.17, 15) is 23.1 Å². The Morgan fingerprint density at radius 2 is 2.27 bits per heavy atom. The molecule has 0 aliphatic carbocycles. The number of hydrogen-bond acceptors (Lipinski definition) is 3. The molecule has 1 aliphatic rings. The van der Waals surface area contributed by atoms with Gasteiger partial charge in [-0.05, 0) is 31.4 Å². The van der Waals surface area contributed by atoms with Crippen LogP contribution in [0.25, 0.3) is 0 Å².